The predicted octanol–water partition coefficient (Wildman–Crippen LogP) is 3.81. The number of benzene rings is 1. The molecular formula is C13H20ClNO. The molecule has 90 valence electrons. The molecule has 0 bridgehead atoms. The second-order valence-corrected chi connectivity index (χ2v) is 4.63. The average Bonchev–Trinajstić information content (AvgIpc) is 2.26. The highest BCUT2D eigenvalue weighted by molar-refractivity contribution is 6.33. The molecule has 0 amide bonds. The van der Waals surface area contributed by atoms with Crippen LogP contribution in [0.15, 0.2) is 24.3 Å². The Morgan fingerprint density at radius 1 is 1.25 bits per heavy atom. The Kier molecular flexibility index (Phi) is 5.64. The number of halogens is 1. The average molecular weight is 242 g/mol. The van der Waals surface area contributed by atoms with E-state index in [1.54, 1.807) is 0 Å². The molecule has 0 aromatic heterocycles. The topological polar surface area (TPSA) is 21.3 Å². The molecule has 2 nitrogen and oxygen atoms in total. The van der Waals surface area contributed by atoms with Crippen LogP contribution in [0.25, 0.3) is 0 Å². The van der Waals surface area contributed by atoms with Crippen molar-refractivity contribution in [3.05, 3.63) is 29.3 Å². The third-order valence-electron chi connectivity index (χ3n) is 2.61. The second kappa shape index (κ2) is 6.77. The predicted molar refractivity (Wildman–Crippen MR) is 70.2 cm³/mol. The van der Waals surface area contributed by atoms with Crippen molar-refractivity contribution in [3.8, 4) is 0 Å². The minimum absolute atomic E-state index is 0.299. The molecule has 1 unspecified atom stereocenters. The van der Waals surface area contributed by atoms with Gasteiger partial charge in [-0.05, 0) is 25.0 Å². The van der Waals surface area contributed by atoms with Crippen LogP contribution < -0.4 is 5.32 Å². The van der Waals surface area contributed by atoms with E-state index >= 15 is 0 Å². The minimum atomic E-state index is 0.299. The SMILES string of the molecule is CC(C)C(C)OCCNc1ccccc1Cl. The minimum Gasteiger partial charge on any atom is -0.382 e. The summed E-state index contributed by atoms with van der Waals surface area (Å²) in [6.07, 6.45) is 0.299. The molecule has 0 saturated carbocycles. The van der Waals surface area contributed by atoms with E-state index in [1.807, 2.05) is 24.3 Å². The Morgan fingerprint density at radius 3 is 2.56 bits per heavy atom. The third-order valence-corrected chi connectivity index (χ3v) is 2.94. The number of ether oxygens (including phenoxy) is 1. The zero-order valence-electron chi connectivity index (χ0n) is 10.2. The van der Waals surface area contributed by atoms with Crippen LogP contribution in [0.3, 0.4) is 0 Å². The van der Waals surface area contributed by atoms with E-state index in [1.165, 1.54) is 0 Å². The zero-order valence-corrected chi connectivity index (χ0v) is 10.9. The molecule has 0 aliphatic carbocycles. The lowest BCUT2D eigenvalue weighted by Gasteiger charge is -2.17. The maximum atomic E-state index is 6.01. The molecule has 16 heavy (non-hydrogen) atoms. The summed E-state index contributed by atoms with van der Waals surface area (Å²) in [5.74, 6) is 0.556. The summed E-state index contributed by atoms with van der Waals surface area (Å²) >= 11 is 6.01. The van der Waals surface area contributed by atoms with Crippen LogP contribution in [0.1, 0.15) is 20.8 Å². The zero-order chi connectivity index (χ0) is 12.0. The largest absolute Gasteiger partial charge is 0.382 e. The van der Waals surface area contributed by atoms with Gasteiger partial charge in [-0.1, -0.05) is 37.6 Å². The number of rotatable bonds is 6. The first-order valence-electron chi connectivity index (χ1n) is 5.71. The highest BCUT2D eigenvalue weighted by Gasteiger charge is 2.06. The van der Waals surface area contributed by atoms with Crippen LogP contribution in [0.5, 0.6) is 0 Å². The maximum absolute atomic E-state index is 6.01. The Balaban J connectivity index is 2.24. The molecule has 1 aromatic carbocycles. The number of nitrogens with one attached hydrogen (secondary N) is 1. The van der Waals surface area contributed by atoms with Crippen LogP contribution in [0, 0.1) is 5.92 Å². The van der Waals surface area contributed by atoms with Crippen molar-refractivity contribution >= 4 is 17.3 Å². The molecule has 1 atom stereocenters. The van der Waals surface area contributed by atoms with Gasteiger partial charge in [0.25, 0.3) is 0 Å². The molecule has 1 N–H and O–H groups in total. The van der Waals surface area contributed by atoms with Crippen molar-refractivity contribution in [1.29, 1.82) is 0 Å². The van der Waals surface area contributed by atoms with Gasteiger partial charge in [0.05, 0.1) is 23.4 Å². The van der Waals surface area contributed by atoms with Crippen LogP contribution in [-0.4, -0.2) is 19.3 Å². The normalized spacial score (nSPS) is 12.8. The molecule has 3 heteroatoms. The van der Waals surface area contributed by atoms with Crippen LogP contribution in [0.2, 0.25) is 5.02 Å². The number of hydrogen-bond donors (Lipinski definition) is 1. The van der Waals surface area contributed by atoms with Crippen molar-refractivity contribution in [2.75, 3.05) is 18.5 Å². The summed E-state index contributed by atoms with van der Waals surface area (Å²) in [6, 6.07) is 7.73. The van der Waals surface area contributed by atoms with Gasteiger partial charge in [-0.3, -0.25) is 0 Å². The fourth-order valence-corrected chi connectivity index (χ4v) is 1.43. The first-order valence-corrected chi connectivity index (χ1v) is 6.09. The second-order valence-electron chi connectivity index (χ2n) is 4.23. The molecular weight excluding hydrogens is 222 g/mol. The van der Waals surface area contributed by atoms with Gasteiger partial charge in [0.1, 0.15) is 0 Å². The third kappa shape index (κ3) is 4.42. The standard InChI is InChI=1S/C13H20ClNO/c1-10(2)11(3)16-9-8-15-13-7-5-4-6-12(13)14/h4-7,10-11,15H,8-9H2,1-3H3. The Hall–Kier alpha value is -0.730. The van der Waals surface area contributed by atoms with Gasteiger partial charge in [-0.25, -0.2) is 0 Å². The van der Waals surface area contributed by atoms with Crippen molar-refractivity contribution in [2.45, 2.75) is 26.9 Å². The summed E-state index contributed by atoms with van der Waals surface area (Å²) < 4.78 is 5.66. The van der Waals surface area contributed by atoms with Gasteiger partial charge >= 0.3 is 0 Å². The monoisotopic (exact) mass is 241 g/mol. The van der Waals surface area contributed by atoms with E-state index in [-0.39, 0.29) is 0 Å². The van der Waals surface area contributed by atoms with Crippen molar-refractivity contribution in [1.82, 2.24) is 0 Å². The van der Waals surface area contributed by atoms with Crippen molar-refractivity contribution in [2.24, 2.45) is 5.92 Å². The van der Waals surface area contributed by atoms with E-state index in [4.69, 9.17) is 16.3 Å². The fourth-order valence-electron chi connectivity index (χ4n) is 1.23. The molecule has 0 saturated heterocycles. The summed E-state index contributed by atoms with van der Waals surface area (Å²) in [5, 5.41) is 4.00. The van der Waals surface area contributed by atoms with E-state index in [2.05, 4.69) is 26.1 Å². The van der Waals surface area contributed by atoms with Crippen molar-refractivity contribution in [3.63, 3.8) is 0 Å². The van der Waals surface area contributed by atoms with Gasteiger partial charge in [0, 0.05) is 6.54 Å². The highest BCUT2D eigenvalue weighted by atomic mass is 35.5. The summed E-state index contributed by atoms with van der Waals surface area (Å²) in [4.78, 5) is 0. The lowest BCUT2D eigenvalue weighted by molar-refractivity contribution is 0.0421. The molecule has 1 aromatic rings. The molecule has 0 fully saturated rings. The Labute approximate surface area is 103 Å². The van der Waals surface area contributed by atoms with E-state index < -0.39 is 0 Å². The van der Waals surface area contributed by atoms with E-state index in [0.29, 0.717) is 18.6 Å². The molecule has 1 rings (SSSR count). The van der Waals surface area contributed by atoms with E-state index in [9.17, 15) is 0 Å². The van der Waals surface area contributed by atoms with Gasteiger partial charge in [-0.15, -0.1) is 0 Å². The van der Waals surface area contributed by atoms with Crippen LogP contribution >= 0.6 is 11.6 Å². The van der Waals surface area contributed by atoms with Gasteiger partial charge in [0.2, 0.25) is 0 Å². The maximum Gasteiger partial charge on any atom is 0.0642 e. The molecule has 0 heterocycles. The first kappa shape index (κ1) is 13.3. The Bertz CT molecular complexity index is 315. The number of para-hydroxylation sites is 1. The van der Waals surface area contributed by atoms with Crippen LogP contribution in [-0.2, 0) is 4.74 Å². The van der Waals surface area contributed by atoms with Gasteiger partial charge < -0.3 is 10.1 Å². The van der Waals surface area contributed by atoms with Gasteiger partial charge in [-0.2, -0.15) is 0 Å². The van der Waals surface area contributed by atoms with Crippen molar-refractivity contribution < 1.29 is 4.74 Å². The molecule has 0 aliphatic heterocycles. The smallest absolute Gasteiger partial charge is 0.0642 e. The van der Waals surface area contributed by atoms with Gasteiger partial charge in [0.15, 0.2) is 0 Å². The lowest BCUT2D eigenvalue weighted by atomic mass is 10.1. The molecule has 0 spiro atoms. The summed E-state index contributed by atoms with van der Waals surface area (Å²) in [7, 11) is 0. The highest BCUT2D eigenvalue weighted by Crippen LogP contribution is 2.19. The summed E-state index contributed by atoms with van der Waals surface area (Å²) in [6.45, 7) is 7.89. The molecule has 0 radical (unpaired) electrons. The Morgan fingerprint density at radius 2 is 1.94 bits per heavy atom. The summed E-state index contributed by atoms with van der Waals surface area (Å²) in [5.41, 5.74) is 0.963. The number of hydrogen-bond acceptors (Lipinski definition) is 2. The molecule has 0 aliphatic rings. The van der Waals surface area contributed by atoms with Crippen LogP contribution in [0.4, 0.5) is 5.69 Å². The first-order chi connectivity index (χ1) is 7.61. The number of anilines is 1. The quantitative estimate of drug-likeness (QED) is 0.765. The lowest BCUT2D eigenvalue weighted by Crippen LogP contribution is -2.19. The van der Waals surface area contributed by atoms with E-state index in [0.717, 1.165) is 17.3 Å². The fraction of sp³-hybridized carbons (Fsp3) is 0.538.